The van der Waals surface area contributed by atoms with Gasteiger partial charge in [-0.05, 0) is 31.4 Å². The van der Waals surface area contributed by atoms with Crippen molar-refractivity contribution < 1.29 is 22.7 Å². The fourth-order valence-electron chi connectivity index (χ4n) is 3.41. The van der Waals surface area contributed by atoms with E-state index in [0.717, 1.165) is 5.56 Å². The number of aromatic nitrogens is 1. The van der Waals surface area contributed by atoms with Crippen LogP contribution in [0.1, 0.15) is 35.8 Å². The molecule has 0 saturated carbocycles. The summed E-state index contributed by atoms with van der Waals surface area (Å²) in [7, 11) is -2.34. The van der Waals surface area contributed by atoms with Gasteiger partial charge in [-0.15, -0.1) is 0 Å². The molecule has 1 aliphatic rings. The van der Waals surface area contributed by atoms with Gasteiger partial charge in [-0.1, -0.05) is 30.3 Å². The van der Waals surface area contributed by atoms with E-state index in [0.29, 0.717) is 19.4 Å². The summed E-state index contributed by atoms with van der Waals surface area (Å²) in [5.41, 5.74) is 1.09. The predicted octanol–water partition coefficient (Wildman–Crippen LogP) is 1.67. The number of hydrogen-bond donors (Lipinski definition) is 1. The van der Waals surface area contributed by atoms with Crippen molar-refractivity contribution in [2.75, 3.05) is 13.2 Å². The zero-order valence-corrected chi connectivity index (χ0v) is 17.3. The van der Waals surface area contributed by atoms with Crippen molar-refractivity contribution in [1.29, 1.82) is 0 Å². The van der Waals surface area contributed by atoms with Crippen LogP contribution < -0.4 is 5.32 Å². The molecule has 2 aromatic rings. The van der Waals surface area contributed by atoms with Crippen LogP contribution in [-0.4, -0.2) is 48.4 Å². The van der Waals surface area contributed by atoms with Crippen LogP contribution in [0.5, 0.6) is 0 Å². The summed E-state index contributed by atoms with van der Waals surface area (Å²) < 4.78 is 33.9. The van der Waals surface area contributed by atoms with Crippen molar-refractivity contribution in [3.05, 3.63) is 53.9 Å². The summed E-state index contributed by atoms with van der Waals surface area (Å²) in [6.07, 6.45) is 2.43. The van der Waals surface area contributed by atoms with Crippen LogP contribution >= 0.6 is 0 Å². The lowest BCUT2D eigenvalue weighted by Gasteiger charge is -2.22. The summed E-state index contributed by atoms with van der Waals surface area (Å²) >= 11 is 0. The molecule has 1 fully saturated rings. The second-order valence-corrected chi connectivity index (χ2v) is 8.76. The minimum absolute atomic E-state index is 0.0224. The smallest absolute Gasteiger partial charge is 0.354 e. The number of carbonyl (C=O) groups excluding carboxylic acids is 2. The Bertz CT molecular complexity index is 985. The van der Waals surface area contributed by atoms with Gasteiger partial charge in [0.05, 0.1) is 6.61 Å². The minimum Gasteiger partial charge on any atom is -0.461 e. The Morgan fingerprint density at radius 2 is 1.97 bits per heavy atom. The van der Waals surface area contributed by atoms with Gasteiger partial charge in [-0.25, -0.2) is 13.2 Å². The van der Waals surface area contributed by atoms with Crippen molar-refractivity contribution in [2.45, 2.75) is 37.2 Å². The molecular weight excluding hydrogens is 394 g/mol. The highest BCUT2D eigenvalue weighted by atomic mass is 32.2. The lowest BCUT2D eigenvalue weighted by atomic mass is 10.2. The summed E-state index contributed by atoms with van der Waals surface area (Å²) in [5, 5.41) is 2.82. The number of ether oxygens (including phenoxy) is 1. The summed E-state index contributed by atoms with van der Waals surface area (Å²) in [5.74, 6) is -0.911. The third-order valence-electron chi connectivity index (χ3n) is 4.89. The third-order valence-corrected chi connectivity index (χ3v) is 6.76. The van der Waals surface area contributed by atoms with Crippen LogP contribution in [0.3, 0.4) is 0 Å². The van der Waals surface area contributed by atoms with Crippen molar-refractivity contribution >= 4 is 21.9 Å². The monoisotopic (exact) mass is 419 g/mol. The molecule has 1 aromatic heterocycles. The first-order valence-electron chi connectivity index (χ1n) is 9.51. The third kappa shape index (κ3) is 4.51. The second-order valence-electron chi connectivity index (χ2n) is 6.87. The molecule has 0 bridgehead atoms. The number of aryl methyl sites for hydroxylation is 1. The molecule has 0 radical (unpaired) electrons. The molecule has 1 saturated heterocycles. The van der Waals surface area contributed by atoms with Crippen molar-refractivity contribution in [3.8, 4) is 0 Å². The molecular formula is C20H25N3O5S. The molecule has 1 aromatic carbocycles. The molecule has 1 amide bonds. The Morgan fingerprint density at radius 1 is 1.24 bits per heavy atom. The van der Waals surface area contributed by atoms with Gasteiger partial charge >= 0.3 is 5.97 Å². The van der Waals surface area contributed by atoms with Gasteiger partial charge in [0.2, 0.25) is 15.9 Å². The van der Waals surface area contributed by atoms with E-state index in [9.17, 15) is 18.0 Å². The maximum Gasteiger partial charge on any atom is 0.354 e. The molecule has 2 heterocycles. The number of carbonyl (C=O) groups is 2. The van der Waals surface area contributed by atoms with Crippen molar-refractivity contribution in [3.63, 3.8) is 0 Å². The van der Waals surface area contributed by atoms with E-state index < -0.39 is 22.0 Å². The quantitative estimate of drug-likeness (QED) is 0.689. The molecule has 156 valence electrons. The van der Waals surface area contributed by atoms with Crippen molar-refractivity contribution in [2.24, 2.45) is 7.05 Å². The molecule has 8 nitrogen and oxygen atoms in total. The number of amides is 1. The molecule has 1 aliphatic heterocycles. The normalized spacial score (nSPS) is 17.2. The van der Waals surface area contributed by atoms with Crippen LogP contribution in [0.25, 0.3) is 0 Å². The van der Waals surface area contributed by atoms with Gasteiger partial charge in [0.1, 0.15) is 16.6 Å². The molecule has 1 N–H and O–H groups in total. The summed E-state index contributed by atoms with van der Waals surface area (Å²) in [6.45, 7) is 2.47. The van der Waals surface area contributed by atoms with E-state index in [-0.39, 0.29) is 29.6 Å². The Hall–Kier alpha value is -2.65. The number of nitrogens with one attached hydrogen (secondary N) is 1. The van der Waals surface area contributed by atoms with Gasteiger partial charge in [-0.3, -0.25) is 4.79 Å². The summed E-state index contributed by atoms with van der Waals surface area (Å²) in [6, 6.07) is 9.96. The fourth-order valence-corrected chi connectivity index (χ4v) is 5.14. The SMILES string of the molecule is CCOC(=O)c1cc(S(=O)(=O)N2CCCC2C(=O)NCc2ccccc2)cn1C. The standard InChI is InChI=1S/C20H25N3O5S/c1-3-28-20(25)18-12-16(14-22(18)2)29(26,27)23-11-7-10-17(23)19(24)21-13-15-8-5-4-6-9-15/h4-6,8-9,12,14,17H,3,7,10-11,13H2,1-2H3,(H,21,24). The van der Waals surface area contributed by atoms with E-state index in [1.165, 1.54) is 21.1 Å². The molecule has 0 spiro atoms. The topological polar surface area (TPSA) is 97.7 Å². The number of benzene rings is 1. The molecule has 1 atom stereocenters. The maximum atomic E-state index is 13.2. The molecule has 0 aliphatic carbocycles. The molecule has 1 unspecified atom stereocenters. The molecule has 3 rings (SSSR count). The highest BCUT2D eigenvalue weighted by Gasteiger charge is 2.40. The predicted molar refractivity (Wildman–Crippen MR) is 107 cm³/mol. The van der Waals surface area contributed by atoms with Crippen LogP contribution in [0.2, 0.25) is 0 Å². The Balaban J connectivity index is 1.76. The number of hydrogen-bond acceptors (Lipinski definition) is 5. The van der Waals surface area contributed by atoms with E-state index in [2.05, 4.69) is 5.32 Å². The van der Waals surface area contributed by atoms with Crippen LogP contribution in [0, 0.1) is 0 Å². The van der Waals surface area contributed by atoms with Gasteiger partial charge in [-0.2, -0.15) is 4.31 Å². The van der Waals surface area contributed by atoms with Gasteiger partial charge in [0, 0.05) is 26.3 Å². The van der Waals surface area contributed by atoms with Crippen LogP contribution in [-0.2, 0) is 33.1 Å². The van der Waals surface area contributed by atoms with Crippen LogP contribution in [0.4, 0.5) is 0 Å². The second kappa shape index (κ2) is 8.79. The lowest BCUT2D eigenvalue weighted by Crippen LogP contribution is -2.45. The Morgan fingerprint density at radius 3 is 2.66 bits per heavy atom. The summed E-state index contributed by atoms with van der Waals surface area (Å²) in [4.78, 5) is 24.7. The van der Waals surface area contributed by atoms with Crippen molar-refractivity contribution in [1.82, 2.24) is 14.2 Å². The highest BCUT2D eigenvalue weighted by molar-refractivity contribution is 7.89. The maximum absolute atomic E-state index is 13.2. The Kier molecular flexibility index (Phi) is 6.39. The number of nitrogens with zero attached hydrogens (tertiary/aromatic N) is 2. The highest BCUT2D eigenvalue weighted by Crippen LogP contribution is 2.27. The Labute approximate surface area is 170 Å². The number of rotatable bonds is 7. The first kappa shape index (κ1) is 21.1. The lowest BCUT2D eigenvalue weighted by molar-refractivity contribution is -0.124. The molecule has 29 heavy (non-hydrogen) atoms. The zero-order valence-electron chi connectivity index (χ0n) is 16.5. The molecule has 9 heteroatoms. The van der Waals surface area contributed by atoms with E-state index in [1.807, 2.05) is 30.3 Å². The van der Waals surface area contributed by atoms with E-state index in [4.69, 9.17) is 4.74 Å². The first-order valence-corrected chi connectivity index (χ1v) is 11.0. The largest absolute Gasteiger partial charge is 0.461 e. The van der Waals surface area contributed by atoms with Gasteiger partial charge in [0.25, 0.3) is 0 Å². The van der Waals surface area contributed by atoms with E-state index >= 15 is 0 Å². The van der Waals surface area contributed by atoms with Gasteiger partial charge in [0.15, 0.2) is 0 Å². The average molecular weight is 420 g/mol. The average Bonchev–Trinajstić information content (AvgIpc) is 3.35. The number of esters is 1. The minimum atomic E-state index is -3.92. The fraction of sp³-hybridized carbons (Fsp3) is 0.400. The van der Waals surface area contributed by atoms with Crippen LogP contribution in [0.15, 0.2) is 47.5 Å². The van der Waals surface area contributed by atoms with E-state index in [1.54, 1.807) is 14.0 Å². The number of sulfonamides is 1. The first-order chi connectivity index (χ1) is 13.8. The zero-order chi connectivity index (χ0) is 21.0. The van der Waals surface area contributed by atoms with Gasteiger partial charge < -0.3 is 14.6 Å².